The summed E-state index contributed by atoms with van der Waals surface area (Å²) in [5.74, 6) is 0. The smallest absolute Gasteiger partial charge is 0.268 e. The normalized spacial score (nSPS) is 13.8. The van der Waals surface area contributed by atoms with Crippen LogP contribution in [0.25, 0.3) is 0 Å². The molecule has 12 heavy (non-hydrogen) atoms. The molecular weight excluding hydrogens is 178 g/mol. The van der Waals surface area contributed by atoms with Gasteiger partial charge in [-0.15, -0.1) is 0 Å². The summed E-state index contributed by atoms with van der Waals surface area (Å²) in [5, 5.41) is 7.37. The molecule has 0 heterocycles. The summed E-state index contributed by atoms with van der Waals surface area (Å²) in [6, 6.07) is 1.74. The van der Waals surface area contributed by atoms with E-state index >= 15 is 0 Å². The zero-order chi connectivity index (χ0) is 9.61. The van der Waals surface area contributed by atoms with Crippen LogP contribution in [0, 0.1) is 11.3 Å². The molecule has 0 amide bonds. The summed E-state index contributed by atoms with van der Waals surface area (Å²) < 4.78 is 29.9. The van der Waals surface area contributed by atoms with Crippen LogP contribution in [0.4, 0.5) is 0 Å². The van der Waals surface area contributed by atoms with Gasteiger partial charge in [-0.1, -0.05) is 19.8 Å². The quantitative estimate of drug-likeness (QED) is 0.665. The first kappa shape index (κ1) is 11.4. The van der Waals surface area contributed by atoms with Gasteiger partial charge in [0.05, 0.1) is 17.7 Å². The Balaban J connectivity index is 4.17. The average molecular weight is 191 g/mol. The molecule has 4 nitrogen and oxygen atoms in total. The largest absolute Gasteiger partial charge is 0.285 e. The van der Waals surface area contributed by atoms with E-state index in [1.807, 2.05) is 6.92 Å². The predicted octanol–water partition coefficient (Wildman–Crippen LogP) is 1.35. The summed E-state index contributed by atoms with van der Waals surface area (Å²) in [6.45, 7) is 1.92. The van der Waals surface area contributed by atoms with Crippen molar-refractivity contribution < 1.29 is 13.0 Å². The Labute approximate surface area is 73.0 Å². The zero-order valence-electron chi connectivity index (χ0n) is 7.02. The number of nitriles is 1. The molecule has 0 bridgehead atoms. The molecule has 0 aliphatic heterocycles. The first-order valence-electron chi connectivity index (χ1n) is 3.85. The molecule has 0 aromatic rings. The van der Waals surface area contributed by atoms with Gasteiger partial charge in [-0.05, 0) is 6.42 Å². The Morgan fingerprint density at radius 1 is 1.58 bits per heavy atom. The van der Waals surface area contributed by atoms with E-state index in [0.717, 1.165) is 6.42 Å². The lowest BCUT2D eigenvalue weighted by molar-refractivity contribution is 0.459. The van der Waals surface area contributed by atoms with E-state index in [0.29, 0.717) is 12.8 Å². The molecule has 70 valence electrons. The first-order chi connectivity index (χ1) is 5.52. The van der Waals surface area contributed by atoms with Crippen molar-refractivity contribution in [3.05, 3.63) is 0 Å². The molecule has 0 aromatic carbocycles. The molecule has 1 unspecified atom stereocenters. The molecular formula is C7H13NO3S. The number of rotatable bonds is 5. The van der Waals surface area contributed by atoms with E-state index in [4.69, 9.17) is 9.81 Å². The second-order valence-corrected chi connectivity index (χ2v) is 4.34. The van der Waals surface area contributed by atoms with Crippen LogP contribution in [-0.4, -0.2) is 18.2 Å². The van der Waals surface area contributed by atoms with Gasteiger partial charge in [0.1, 0.15) is 0 Å². The van der Waals surface area contributed by atoms with Gasteiger partial charge in [-0.25, -0.2) is 0 Å². The van der Waals surface area contributed by atoms with Crippen LogP contribution in [-0.2, 0) is 10.1 Å². The van der Waals surface area contributed by atoms with Crippen LogP contribution >= 0.6 is 0 Å². The molecule has 0 saturated heterocycles. The maximum atomic E-state index is 10.6. The summed E-state index contributed by atoms with van der Waals surface area (Å²) in [7, 11) is -4.02. The molecule has 1 atom stereocenters. The molecule has 0 aliphatic carbocycles. The third-order valence-corrected chi connectivity index (χ3v) is 2.86. The first-order valence-corrected chi connectivity index (χ1v) is 5.36. The monoisotopic (exact) mass is 191 g/mol. The fourth-order valence-electron chi connectivity index (χ4n) is 0.890. The van der Waals surface area contributed by atoms with Gasteiger partial charge < -0.3 is 0 Å². The summed E-state index contributed by atoms with van der Waals surface area (Å²) in [6.07, 6.45) is 1.81. The van der Waals surface area contributed by atoms with Crippen LogP contribution in [0.1, 0.15) is 32.6 Å². The van der Waals surface area contributed by atoms with Crippen LogP contribution in [0.5, 0.6) is 0 Å². The highest BCUT2D eigenvalue weighted by molar-refractivity contribution is 7.86. The molecule has 1 N–H and O–H groups in total. The number of hydrogen-bond acceptors (Lipinski definition) is 3. The Morgan fingerprint density at radius 2 is 2.17 bits per heavy atom. The lowest BCUT2D eigenvalue weighted by Crippen LogP contribution is -2.19. The van der Waals surface area contributed by atoms with E-state index in [2.05, 4.69) is 0 Å². The fraction of sp³-hybridized carbons (Fsp3) is 0.857. The number of nitrogens with zero attached hydrogens (tertiary/aromatic N) is 1. The highest BCUT2D eigenvalue weighted by Gasteiger charge is 2.21. The molecule has 0 radical (unpaired) electrons. The molecule has 0 spiro atoms. The van der Waals surface area contributed by atoms with E-state index in [-0.39, 0.29) is 6.42 Å². The van der Waals surface area contributed by atoms with Crippen LogP contribution in [0.15, 0.2) is 0 Å². The molecule has 0 fully saturated rings. The van der Waals surface area contributed by atoms with Crippen molar-refractivity contribution in [3.63, 3.8) is 0 Å². The van der Waals surface area contributed by atoms with Crippen molar-refractivity contribution in [1.82, 2.24) is 0 Å². The number of unbranched alkanes of at least 4 members (excludes halogenated alkanes) is 1. The van der Waals surface area contributed by atoms with Gasteiger partial charge in [0.15, 0.2) is 0 Å². The molecule has 0 aliphatic rings. The minimum Gasteiger partial charge on any atom is -0.285 e. The van der Waals surface area contributed by atoms with E-state index in [1.54, 1.807) is 6.07 Å². The topological polar surface area (TPSA) is 78.2 Å². The van der Waals surface area contributed by atoms with Gasteiger partial charge in [-0.2, -0.15) is 13.7 Å². The van der Waals surface area contributed by atoms with E-state index in [9.17, 15) is 8.42 Å². The Hall–Kier alpha value is -0.600. The van der Waals surface area contributed by atoms with Crippen molar-refractivity contribution >= 4 is 10.1 Å². The lowest BCUT2D eigenvalue weighted by Gasteiger charge is -2.08. The Kier molecular flexibility index (Phi) is 4.86. The van der Waals surface area contributed by atoms with Crippen LogP contribution in [0.2, 0.25) is 0 Å². The second-order valence-electron chi connectivity index (χ2n) is 2.64. The van der Waals surface area contributed by atoms with Gasteiger partial charge >= 0.3 is 0 Å². The maximum absolute atomic E-state index is 10.6. The van der Waals surface area contributed by atoms with Gasteiger partial charge in [0.2, 0.25) is 0 Å². The SMILES string of the molecule is CCCCC(CC#N)S(=O)(=O)O. The third kappa shape index (κ3) is 4.31. The molecule has 0 rings (SSSR count). The second kappa shape index (κ2) is 5.12. The standard InChI is InChI=1S/C7H13NO3S/c1-2-3-4-7(5-6-8)12(9,10)11/h7H,2-5H2,1H3,(H,9,10,11). The van der Waals surface area contributed by atoms with E-state index < -0.39 is 15.4 Å². The molecule has 0 aromatic heterocycles. The van der Waals surface area contributed by atoms with Crippen molar-refractivity contribution in [2.24, 2.45) is 0 Å². The van der Waals surface area contributed by atoms with Gasteiger partial charge in [0, 0.05) is 0 Å². The van der Waals surface area contributed by atoms with Gasteiger partial charge in [-0.3, -0.25) is 4.55 Å². The minimum absolute atomic E-state index is 0.126. The average Bonchev–Trinajstić information content (AvgIpc) is 1.95. The minimum atomic E-state index is -4.02. The highest BCUT2D eigenvalue weighted by atomic mass is 32.2. The highest BCUT2D eigenvalue weighted by Crippen LogP contribution is 2.11. The molecule has 5 heteroatoms. The Bertz CT molecular complexity index is 252. The number of hydrogen-bond donors (Lipinski definition) is 1. The van der Waals surface area contributed by atoms with Gasteiger partial charge in [0.25, 0.3) is 10.1 Å². The summed E-state index contributed by atoms with van der Waals surface area (Å²) in [4.78, 5) is 0. The summed E-state index contributed by atoms with van der Waals surface area (Å²) in [5.41, 5.74) is 0. The van der Waals surface area contributed by atoms with E-state index in [1.165, 1.54) is 0 Å². The molecule has 0 saturated carbocycles. The predicted molar refractivity (Wildman–Crippen MR) is 45.1 cm³/mol. The van der Waals surface area contributed by atoms with Crippen molar-refractivity contribution in [3.8, 4) is 6.07 Å². The zero-order valence-corrected chi connectivity index (χ0v) is 7.84. The fourth-order valence-corrected chi connectivity index (χ4v) is 1.64. The lowest BCUT2D eigenvalue weighted by atomic mass is 10.2. The Morgan fingerprint density at radius 3 is 2.50 bits per heavy atom. The maximum Gasteiger partial charge on any atom is 0.268 e. The van der Waals surface area contributed by atoms with Crippen molar-refractivity contribution in [2.45, 2.75) is 37.9 Å². The van der Waals surface area contributed by atoms with Crippen molar-refractivity contribution in [2.75, 3.05) is 0 Å². The summed E-state index contributed by atoms with van der Waals surface area (Å²) >= 11 is 0. The van der Waals surface area contributed by atoms with Crippen LogP contribution < -0.4 is 0 Å². The third-order valence-electron chi connectivity index (χ3n) is 1.62. The van der Waals surface area contributed by atoms with Crippen LogP contribution in [0.3, 0.4) is 0 Å². The van der Waals surface area contributed by atoms with Crippen molar-refractivity contribution in [1.29, 1.82) is 5.26 Å².